The number of nitrogens with zero attached hydrogens (tertiary/aromatic N) is 1. The molecule has 6 N–H and O–H groups in total. The molecule has 2 aliphatic carbocycles. The maximum absolute atomic E-state index is 6.53. The van der Waals surface area contributed by atoms with E-state index in [4.69, 9.17) is 5.73 Å². The van der Waals surface area contributed by atoms with Crippen molar-refractivity contribution in [3.63, 3.8) is 0 Å². The van der Waals surface area contributed by atoms with Crippen molar-refractivity contribution in [3.05, 3.63) is 184 Å². The predicted molar refractivity (Wildman–Crippen MR) is 206 cm³/mol. The monoisotopic (exact) mass is 745 g/mol. The molecule has 1 aliphatic heterocycles. The van der Waals surface area contributed by atoms with E-state index in [1.807, 2.05) is 36.0 Å². The number of hydrazine groups is 1. The van der Waals surface area contributed by atoms with Gasteiger partial charge in [-0.05, 0) is 65.1 Å². The molecule has 1 radical (unpaired) electrons. The average molecular weight is 746 g/mol. The standard InChI is InChI=1S/C25H19N.C19H17NS.H4N2.Y/c1-18-14-15-23-22-12-5-6-13-24(22)26(25(23)16-18)21-11-7-10-20(17-21)19-8-3-2-4-9-19;20-18(13-7-2-1-3-8-13)16-11-6-10-15-14-9-4-5-12-17(14)21-19(15)16;1-2;/h2-5,7-8,10-12,14-16H,6,13H2,1H3;1-8,10-12,14,18H,9,20H2;1-2H2;/q-2;;;. The van der Waals surface area contributed by atoms with E-state index in [0.717, 1.165) is 36.1 Å². The van der Waals surface area contributed by atoms with Gasteiger partial charge in [0.15, 0.2) is 0 Å². The van der Waals surface area contributed by atoms with Crippen LogP contribution in [0.1, 0.15) is 58.3 Å². The van der Waals surface area contributed by atoms with Gasteiger partial charge in [-0.25, -0.2) is 11.1 Å². The second-order valence-corrected chi connectivity index (χ2v) is 13.5. The van der Waals surface area contributed by atoms with Crippen molar-refractivity contribution in [1.29, 1.82) is 0 Å². The Kier molecular flexibility index (Phi) is 11.9. The van der Waals surface area contributed by atoms with Crippen LogP contribution in [0.3, 0.4) is 0 Å². The first kappa shape index (κ1) is 36.0. The van der Waals surface area contributed by atoms with Crippen molar-refractivity contribution in [2.45, 2.75) is 43.0 Å². The van der Waals surface area contributed by atoms with Crippen LogP contribution in [-0.4, -0.2) is 4.57 Å². The van der Waals surface area contributed by atoms with E-state index in [1.165, 1.54) is 54.2 Å². The van der Waals surface area contributed by atoms with Crippen LogP contribution in [0.4, 0.5) is 0 Å². The summed E-state index contributed by atoms with van der Waals surface area (Å²) in [5.74, 6) is 8.54. The molecule has 5 aromatic carbocycles. The summed E-state index contributed by atoms with van der Waals surface area (Å²) < 4.78 is 2.40. The van der Waals surface area contributed by atoms with E-state index in [1.54, 1.807) is 0 Å². The summed E-state index contributed by atoms with van der Waals surface area (Å²) in [5.41, 5.74) is 19.0. The number of aryl methyl sites for hydroxylation is 1. The van der Waals surface area contributed by atoms with Crippen LogP contribution >= 0.6 is 11.8 Å². The Morgan fingerprint density at radius 1 is 0.860 bits per heavy atom. The third-order valence-electron chi connectivity index (χ3n) is 9.39. The topological polar surface area (TPSA) is 83.0 Å². The van der Waals surface area contributed by atoms with E-state index in [-0.39, 0.29) is 38.8 Å². The minimum atomic E-state index is -0.0534. The van der Waals surface area contributed by atoms with Crippen LogP contribution in [0.25, 0.3) is 33.8 Å². The van der Waals surface area contributed by atoms with Crippen LogP contribution in [0, 0.1) is 19.1 Å². The van der Waals surface area contributed by atoms with Gasteiger partial charge in [0.05, 0.1) is 11.6 Å². The number of hydrogen-bond donors (Lipinski definition) is 3. The molecule has 0 amide bonds. The third-order valence-corrected chi connectivity index (χ3v) is 10.7. The van der Waals surface area contributed by atoms with Gasteiger partial charge >= 0.3 is 0 Å². The van der Waals surface area contributed by atoms with E-state index in [9.17, 15) is 0 Å². The Morgan fingerprint density at radius 2 is 1.66 bits per heavy atom. The summed E-state index contributed by atoms with van der Waals surface area (Å²) in [7, 11) is 0. The van der Waals surface area contributed by atoms with Crippen molar-refractivity contribution in [1.82, 2.24) is 4.57 Å². The van der Waals surface area contributed by atoms with Gasteiger partial charge in [-0.3, -0.25) is 11.7 Å². The van der Waals surface area contributed by atoms with Gasteiger partial charge in [0.1, 0.15) is 0 Å². The van der Waals surface area contributed by atoms with Crippen molar-refractivity contribution >= 4 is 28.7 Å². The molecule has 1 aromatic heterocycles. The van der Waals surface area contributed by atoms with Crippen molar-refractivity contribution < 1.29 is 32.7 Å². The fraction of sp³-hybridized carbons (Fsp3) is 0.136. The Morgan fingerprint density at radius 3 is 2.48 bits per heavy atom. The zero-order valence-corrected chi connectivity index (χ0v) is 31.9. The van der Waals surface area contributed by atoms with Crippen LogP contribution in [0.15, 0.2) is 143 Å². The largest absolute Gasteiger partial charge is 0.332 e. The molecule has 6 aromatic rings. The summed E-state index contributed by atoms with van der Waals surface area (Å²) in [5, 5.41) is 1.33. The third kappa shape index (κ3) is 7.18. The van der Waals surface area contributed by atoms with E-state index in [0.29, 0.717) is 5.92 Å². The van der Waals surface area contributed by atoms with Gasteiger partial charge < -0.3 is 10.3 Å². The molecular weight excluding hydrogens is 705 g/mol. The Balaban J connectivity index is 0.000000165. The van der Waals surface area contributed by atoms with Crippen molar-refractivity contribution in [2.75, 3.05) is 0 Å². The second kappa shape index (κ2) is 16.5. The van der Waals surface area contributed by atoms with E-state index >= 15 is 0 Å². The SMILES string of the molecule is Cc1ccc2c3c(n(-c4[c-]c(-c5[c-]cccc5)ccc4)c2c1)CCC=C3.NC(c1ccccc1)c1cccc2c1SC1=CC=CCC12.NN.[Y]. The second-order valence-electron chi connectivity index (χ2n) is 12.4. The first-order valence-electron chi connectivity index (χ1n) is 16.8. The van der Waals surface area contributed by atoms with Gasteiger partial charge in [-0.15, -0.1) is 12.1 Å². The number of fused-ring (bicyclic) bond motifs is 6. The van der Waals surface area contributed by atoms with E-state index in [2.05, 4.69) is 151 Å². The number of rotatable bonds is 4. The van der Waals surface area contributed by atoms with Crippen molar-refractivity contribution in [3.8, 4) is 16.8 Å². The maximum Gasteiger partial charge on any atom is 0.0562 e. The molecule has 0 saturated carbocycles. The zero-order valence-electron chi connectivity index (χ0n) is 28.2. The summed E-state index contributed by atoms with van der Waals surface area (Å²) in [6.45, 7) is 2.16. The Bertz CT molecular complexity index is 2180. The molecule has 4 nitrogen and oxygen atoms in total. The summed E-state index contributed by atoms with van der Waals surface area (Å²) in [4.78, 5) is 2.83. The molecule has 0 bridgehead atoms. The fourth-order valence-electron chi connectivity index (χ4n) is 7.07. The Labute approximate surface area is 325 Å². The summed E-state index contributed by atoms with van der Waals surface area (Å²) in [6.07, 6.45) is 14.5. The van der Waals surface area contributed by atoms with Gasteiger partial charge in [0.2, 0.25) is 0 Å². The normalized spacial score (nSPS) is 15.6. The van der Waals surface area contributed by atoms with E-state index < -0.39 is 0 Å². The van der Waals surface area contributed by atoms with Crippen LogP contribution in [-0.2, 0) is 39.1 Å². The smallest absolute Gasteiger partial charge is 0.0562 e. The summed E-state index contributed by atoms with van der Waals surface area (Å²) in [6, 6.07) is 45.1. The molecule has 0 saturated heterocycles. The molecule has 2 unspecified atom stereocenters. The quantitative estimate of drug-likeness (QED) is 0.0954. The number of benzene rings is 5. The number of aromatic nitrogens is 1. The molecule has 2 heterocycles. The minimum Gasteiger partial charge on any atom is -0.332 e. The van der Waals surface area contributed by atoms with Gasteiger partial charge in [-0.2, -0.15) is 42.5 Å². The van der Waals surface area contributed by atoms with Crippen LogP contribution < -0.4 is 17.4 Å². The number of thioether (sulfide) groups is 1. The molecule has 6 heteroatoms. The fourth-order valence-corrected chi connectivity index (χ4v) is 8.46. The first-order chi connectivity index (χ1) is 24.2. The molecular formula is C44H40N4SY-2. The molecule has 50 heavy (non-hydrogen) atoms. The zero-order chi connectivity index (χ0) is 33.7. The van der Waals surface area contributed by atoms with Crippen molar-refractivity contribution in [2.24, 2.45) is 17.4 Å². The molecule has 247 valence electrons. The average Bonchev–Trinajstić information content (AvgIpc) is 3.72. The number of hydrogen-bond acceptors (Lipinski definition) is 4. The maximum atomic E-state index is 6.53. The molecule has 3 aliphatic rings. The molecule has 0 fully saturated rings. The molecule has 0 spiro atoms. The minimum absolute atomic E-state index is 0. The number of nitrogens with two attached hydrogens (primary N) is 3. The van der Waals surface area contributed by atoms with Gasteiger partial charge in [0.25, 0.3) is 0 Å². The summed E-state index contributed by atoms with van der Waals surface area (Å²) >= 11 is 1.90. The van der Waals surface area contributed by atoms with Crippen LogP contribution in [0.5, 0.6) is 0 Å². The molecule has 9 rings (SSSR count). The molecule has 2 atom stereocenters. The van der Waals surface area contributed by atoms with Gasteiger partial charge in [-0.1, -0.05) is 103 Å². The number of allylic oxidation sites excluding steroid dienone is 5. The predicted octanol–water partition coefficient (Wildman–Crippen LogP) is 9.75. The van der Waals surface area contributed by atoms with Gasteiger partial charge in [0, 0.05) is 60.2 Å². The Hall–Kier alpha value is -3.81. The first-order valence-corrected chi connectivity index (χ1v) is 17.6. The van der Waals surface area contributed by atoms with Crippen LogP contribution in [0.2, 0.25) is 0 Å².